The molecule has 0 aliphatic heterocycles. The van der Waals surface area contributed by atoms with Gasteiger partial charge in [0.1, 0.15) is 5.82 Å². The van der Waals surface area contributed by atoms with Crippen LogP contribution in [0.4, 0.5) is 0 Å². The summed E-state index contributed by atoms with van der Waals surface area (Å²) in [5, 5.41) is 2.84. The lowest BCUT2D eigenvalue weighted by Gasteiger charge is -2.20. The summed E-state index contributed by atoms with van der Waals surface area (Å²) in [5.74, 6) is 1.04. The van der Waals surface area contributed by atoms with E-state index in [1.165, 1.54) is 5.56 Å². The summed E-state index contributed by atoms with van der Waals surface area (Å²) < 4.78 is 2.13. The van der Waals surface area contributed by atoms with E-state index < -0.39 is 0 Å². The Kier molecular flexibility index (Phi) is 6.15. The Balaban J connectivity index is 2.00. The van der Waals surface area contributed by atoms with Gasteiger partial charge in [0.15, 0.2) is 0 Å². The van der Waals surface area contributed by atoms with Gasteiger partial charge in [-0.2, -0.15) is 0 Å². The largest absolute Gasteiger partial charge is 0.355 e. The van der Waals surface area contributed by atoms with Gasteiger partial charge in [0, 0.05) is 25.5 Å². The van der Waals surface area contributed by atoms with Crippen LogP contribution in [0.5, 0.6) is 0 Å². The Morgan fingerprint density at radius 3 is 2.73 bits per heavy atom. The summed E-state index contributed by atoms with van der Waals surface area (Å²) in [6, 6.07) is 10.3. The number of imidazole rings is 1. The molecule has 0 unspecified atom stereocenters. The molecule has 118 valence electrons. The summed E-state index contributed by atoms with van der Waals surface area (Å²) in [4.78, 5) is 18.3. The minimum absolute atomic E-state index is 0.0607. The fraction of sp³-hybridized carbons (Fsp3) is 0.412. The van der Waals surface area contributed by atoms with Crippen molar-refractivity contribution >= 4 is 5.91 Å². The predicted molar refractivity (Wildman–Crippen MR) is 87.4 cm³/mol. The van der Waals surface area contributed by atoms with E-state index in [9.17, 15) is 4.79 Å². The van der Waals surface area contributed by atoms with Gasteiger partial charge in [0.25, 0.3) is 0 Å². The standard InChI is InChI=1S/C17H24N4O/c1-3-18-17(22)14-20(4-2)13-16-19-10-11-21(16)12-15-8-6-5-7-9-15/h5-11H,3-4,12-14H2,1-2H3,(H,18,22). The van der Waals surface area contributed by atoms with Gasteiger partial charge < -0.3 is 9.88 Å². The smallest absolute Gasteiger partial charge is 0.234 e. The molecule has 1 aromatic heterocycles. The van der Waals surface area contributed by atoms with Crippen LogP contribution in [-0.2, 0) is 17.9 Å². The molecule has 2 rings (SSSR count). The first-order valence-electron chi connectivity index (χ1n) is 7.76. The molecular formula is C17H24N4O. The zero-order valence-corrected chi connectivity index (χ0v) is 13.3. The summed E-state index contributed by atoms with van der Waals surface area (Å²) >= 11 is 0. The van der Waals surface area contributed by atoms with Gasteiger partial charge in [-0.3, -0.25) is 9.69 Å². The molecule has 0 atom stereocenters. The second-order valence-electron chi connectivity index (χ2n) is 5.21. The highest BCUT2D eigenvalue weighted by Gasteiger charge is 2.12. The highest BCUT2D eigenvalue weighted by atomic mass is 16.2. The number of aromatic nitrogens is 2. The van der Waals surface area contributed by atoms with Gasteiger partial charge in [0.2, 0.25) is 5.91 Å². The number of likely N-dealkylation sites (N-methyl/N-ethyl adjacent to an activating group) is 2. The average molecular weight is 300 g/mol. The number of benzene rings is 1. The fourth-order valence-corrected chi connectivity index (χ4v) is 2.35. The Labute approximate surface area is 132 Å². The topological polar surface area (TPSA) is 50.2 Å². The van der Waals surface area contributed by atoms with Crippen molar-refractivity contribution in [3.05, 3.63) is 54.1 Å². The van der Waals surface area contributed by atoms with E-state index in [1.807, 2.05) is 37.5 Å². The minimum atomic E-state index is 0.0607. The Hall–Kier alpha value is -2.14. The molecule has 0 bridgehead atoms. The van der Waals surface area contributed by atoms with E-state index in [2.05, 4.69) is 38.8 Å². The summed E-state index contributed by atoms with van der Waals surface area (Å²) in [7, 11) is 0. The molecule has 0 saturated carbocycles. The lowest BCUT2D eigenvalue weighted by molar-refractivity contribution is -0.122. The van der Waals surface area contributed by atoms with Gasteiger partial charge in [-0.25, -0.2) is 4.98 Å². The molecule has 0 radical (unpaired) electrons. The third-order valence-electron chi connectivity index (χ3n) is 3.55. The van der Waals surface area contributed by atoms with Crippen LogP contribution in [0.25, 0.3) is 0 Å². The van der Waals surface area contributed by atoms with Crippen molar-refractivity contribution in [2.45, 2.75) is 26.9 Å². The number of carbonyl (C=O) groups is 1. The summed E-state index contributed by atoms with van der Waals surface area (Å²) in [6.07, 6.45) is 3.81. The van der Waals surface area contributed by atoms with Crippen molar-refractivity contribution in [1.82, 2.24) is 19.8 Å². The maximum absolute atomic E-state index is 11.7. The van der Waals surface area contributed by atoms with E-state index in [1.54, 1.807) is 0 Å². The maximum Gasteiger partial charge on any atom is 0.234 e. The molecule has 0 aliphatic rings. The maximum atomic E-state index is 11.7. The van der Waals surface area contributed by atoms with Crippen LogP contribution < -0.4 is 5.32 Å². The molecule has 22 heavy (non-hydrogen) atoms. The first-order valence-corrected chi connectivity index (χ1v) is 7.76. The number of hydrogen-bond donors (Lipinski definition) is 1. The number of nitrogens with one attached hydrogen (secondary N) is 1. The average Bonchev–Trinajstić information content (AvgIpc) is 2.95. The van der Waals surface area contributed by atoms with Gasteiger partial charge in [-0.15, -0.1) is 0 Å². The Bertz CT molecular complexity index is 579. The van der Waals surface area contributed by atoms with Crippen LogP contribution in [0, 0.1) is 0 Å². The van der Waals surface area contributed by atoms with Gasteiger partial charge in [-0.05, 0) is 19.0 Å². The molecule has 1 amide bonds. The van der Waals surface area contributed by atoms with Crippen molar-refractivity contribution < 1.29 is 4.79 Å². The molecule has 2 aromatic rings. The van der Waals surface area contributed by atoms with Crippen molar-refractivity contribution in [3.8, 4) is 0 Å². The second kappa shape index (κ2) is 8.34. The van der Waals surface area contributed by atoms with Crippen molar-refractivity contribution in [2.24, 2.45) is 0 Å². The Morgan fingerprint density at radius 2 is 2.05 bits per heavy atom. The van der Waals surface area contributed by atoms with Crippen molar-refractivity contribution in [1.29, 1.82) is 0 Å². The monoisotopic (exact) mass is 300 g/mol. The lowest BCUT2D eigenvalue weighted by Crippen LogP contribution is -2.37. The molecule has 0 spiro atoms. The SMILES string of the molecule is CCNC(=O)CN(CC)Cc1nccn1Cc1ccccc1. The highest BCUT2D eigenvalue weighted by molar-refractivity contribution is 5.77. The number of amides is 1. The molecule has 0 fully saturated rings. The number of carbonyl (C=O) groups excluding carboxylic acids is 1. The van der Waals surface area contributed by atoms with Gasteiger partial charge >= 0.3 is 0 Å². The normalized spacial score (nSPS) is 10.9. The van der Waals surface area contributed by atoms with Crippen LogP contribution in [0.1, 0.15) is 25.2 Å². The summed E-state index contributed by atoms with van der Waals surface area (Å²) in [6.45, 7) is 7.35. The molecule has 5 heteroatoms. The quantitative estimate of drug-likeness (QED) is 0.810. The molecule has 1 heterocycles. The third kappa shape index (κ3) is 4.70. The van der Waals surface area contributed by atoms with E-state index in [0.717, 1.165) is 18.9 Å². The third-order valence-corrected chi connectivity index (χ3v) is 3.55. The van der Waals surface area contributed by atoms with E-state index >= 15 is 0 Å². The van der Waals surface area contributed by atoms with Crippen molar-refractivity contribution in [3.63, 3.8) is 0 Å². The van der Waals surface area contributed by atoms with Crippen LogP contribution >= 0.6 is 0 Å². The predicted octanol–water partition coefficient (Wildman–Crippen LogP) is 1.89. The van der Waals surface area contributed by atoms with Gasteiger partial charge in [0.05, 0.1) is 13.1 Å². The zero-order valence-electron chi connectivity index (χ0n) is 13.3. The van der Waals surface area contributed by atoms with Crippen LogP contribution in [0.3, 0.4) is 0 Å². The van der Waals surface area contributed by atoms with E-state index in [-0.39, 0.29) is 5.91 Å². The fourth-order valence-electron chi connectivity index (χ4n) is 2.35. The Morgan fingerprint density at radius 1 is 1.27 bits per heavy atom. The second-order valence-corrected chi connectivity index (χ2v) is 5.21. The van der Waals surface area contributed by atoms with E-state index in [4.69, 9.17) is 0 Å². The van der Waals surface area contributed by atoms with Crippen molar-refractivity contribution in [2.75, 3.05) is 19.6 Å². The summed E-state index contributed by atoms with van der Waals surface area (Å²) in [5.41, 5.74) is 1.24. The lowest BCUT2D eigenvalue weighted by atomic mass is 10.2. The van der Waals surface area contributed by atoms with Crippen LogP contribution in [0.15, 0.2) is 42.7 Å². The number of nitrogens with zero attached hydrogens (tertiary/aromatic N) is 3. The van der Waals surface area contributed by atoms with Gasteiger partial charge in [-0.1, -0.05) is 37.3 Å². The number of hydrogen-bond acceptors (Lipinski definition) is 3. The number of rotatable bonds is 8. The van der Waals surface area contributed by atoms with Crippen LogP contribution in [-0.4, -0.2) is 40.0 Å². The molecule has 1 N–H and O–H groups in total. The van der Waals surface area contributed by atoms with Crippen LogP contribution in [0.2, 0.25) is 0 Å². The van der Waals surface area contributed by atoms with E-state index in [0.29, 0.717) is 19.6 Å². The highest BCUT2D eigenvalue weighted by Crippen LogP contribution is 2.08. The first-order chi connectivity index (χ1) is 10.7. The molecular weight excluding hydrogens is 276 g/mol. The minimum Gasteiger partial charge on any atom is -0.355 e. The first kappa shape index (κ1) is 16.2. The zero-order chi connectivity index (χ0) is 15.8. The molecule has 1 aromatic carbocycles. The molecule has 0 aliphatic carbocycles. The molecule has 5 nitrogen and oxygen atoms in total. The molecule has 0 saturated heterocycles.